The second-order valence-electron chi connectivity index (χ2n) is 3.60. The van der Waals surface area contributed by atoms with E-state index >= 15 is 0 Å². The molecule has 2 N–H and O–H groups in total. The number of aliphatic hydroxyl groups excluding tert-OH is 1. The fraction of sp³-hybridized carbons (Fsp3) is 0.700. The molecule has 0 radical (unpaired) electrons. The van der Waals surface area contributed by atoms with Crippen LogP contribution in [-0.4, -0.2) is 28.0 Å². The highest BCUT2D eigenvalue weighted by Gasteiger charge is 2.10. The Bertz CT molecular complexity index is 283. The minimum absolute atomic E-state index is 0.242. The van der Waals surface area contributed by atoms with Crippen LogP contribution >= 0.6 is 0 Å². The molecule has 4 heteroatoms. The zero-order valence-corrected chi connectivity index (χ0v) is 9.12. The average molecular weight is 197 g/mol. The number of nitrogens with zero attached hydrogens (tertiary/aromatic N) is 2. The van der Waals surface area contributed by atoms with E-state index in [4.69, 9.17) is 5.11 Å². The maximum Gasteiger partial charge on any atom is 0.0641 e. The minimum Gasteiger partial charge on any atom is -0.396 e. The Morgan fingerprint density at radius 1 is 1.64 bits per heavy atom. The molecule has 0 fully saturated rings. The van der Waals surface area contributed by atoms with E-state index in [0.717, 1.165) is 18.7 Å². The summed E-state index contributed by atoms with van der Waals surface area (Å²) in [5, 5.41) is 16.3. The van der Waals surface area contributed by atoms with Crippen LogP contribution in [0.5, 0.6) is 0 Å². The van der Waals surface area contributed by atoms with Crippen molar-refractivity contribution in [2.75, 3.05) is 13.2 Å². The highest BCUT2D eigenvalue weighted by atomic mass is 16.3. The molecule has 1 aromatic rings. The van der Waals surface area contributed by atoms with Gasteiger partial charge >= 0.3 is 0 Å². The molecule has 0 aromatic carbocycles. The predicted molar refractivity (Wildman–Crippen MR) is 56.1 cm³/mol. The van der Waals surface area contributed by atoms with E-state index in [0.29, 0.717) is 6.04 Å². The van der Waals surface area contributed by atoms with Gasteiger partial charge in [0.05, 0.1) is 5.69 Å². The average Bonchev–Trinajstić information content (AvgIpc) is 2.45. The molecule has 1 rings (SSSR count). The number of aromatic nitrogens is 2. The van der Waals surface area contributed by atoms with Crippen molar-refractivity contribution in [2.24, 2.45) is 7.05 Å². The predicted octanol–water partition coefficient (Wildman–Crippen LogP) is 0.762. The lowest BCUT2D eigenvalue weighted by atomic mass is 10.1. The molecule has 80 valence electrons. The van der Waals surface area contributed by atoms with Gasteiger partial charge in [-0.25, -0.2) is 0 Å². The largest absolute Gasteiger partial charge is 0.396 e. The Hall–Kier alpha value is -0.870. The van der Waals surface area contributed by atoms with Crippen LogP contribution < -0.4 is 5.32 Å². The molecule has 0 amide bonds. The molecular formula is C10H19N3O. The van der Waals surface area contributed by atoms with E-state index in [2.05, 4.69) is 17.3 Å². The second-order valence-corrected chi connectivity index (χ2v) is 3.60. The zero-order valence-electron chi connectivity index (χ0n) is 9.12. The quantitative estimate of drug-likeness (QED) is 0.685. The van der Waals surface area contributed by atoms with E-state index in [1.807, 2.05) is 24.9 Å². The summed E-state index contributed by atoms with van der Waals surface area (Å²) in [6.45, 7) is 5.21. The SMILES string of the molecule is Cc1nn(C)cc1C(C)NCCCO. The second kappa shape index (κ2) is 5.12. The molecule has 1 heterocycles. The summed E-state index contributed by atoms with van der Waals surface area (Å²) in [6.07, 6.45) is 2.83. The molecule has 1 aromatic heterocycles. The van der Waals surface area contributed by atoms with Gasteiger partial charge in [-0.1, -0.05) is 0 Å². The van der Waals surface area contributed by atoms with Crippen molar-refractivity contribution in [3.63, 3.8) is 0 Å². The van der Waals surface area contributed by atoms with E-state index < -0.39 is 0 Å². The third-order valence-electron chi connectivity index (χ3n) is 2.30. The van der Waals surface area contributed by atoms with Crippen molar-refractivity contribution < 1.29 is 5.11 Å². The van der Waals surface area contributed by atoms with Gasteiger partial charge in [-0.15, -0.1) is 0 Å². The Morgan fingerprint density at radius 3 is 2.86 bits per heavy atom. The van der Waals surface area contributed by atoms with Crippen molar-refractivity contribution in [1.29, 1.82) is 0 Å². The first-order chi connectivity index (χ1) is 6.65. The highest BCUT2D eigenvalue weighted by Crippen LogP contribution is 2.14. The van der Waals surface area contributed by atoms with E-state index in [9.17, 15) is 0 Å². The molecule has 0 spiro atoms. The molecule has 0 aliphatic heterocycles. The molecule has 4 nitrogen and oxygen atoms in total. The van der Waals surface area contributed by atoms with Crippen LogP contribution in [0.25, 0.3) is 0 Å². The first kappa shape index (κ1) is 11.2. The van der Waals surface area contributed by atoms with Gasteiger partial charge < -0.3 is 10.4 Å². The Balaban J connectivity index is 2.51. The van der Waals surface area contributed by atoms with Crippen LogP contribution in [0, 0.1) is 6.92 Å². The molecular weight excluding hydrogens is 178 g/mol. The summed E-state index contributed by atoms with van der Waals surface area (Å²) in [5.74, 6) is 0. The van der Waals surface area contributed by atoms with Gasteiger partial charge in [-0.05, 0) is 26.8 Å². The topological polar surface area (TPSA) is 50.1 Å². The van der Waals surface area contributed by atoms with E-state index in [1.165, 1.54) is 5.56 Å². The van der Waals surface area contributed by atoms with Gasteiger partial charge in [0.1, 0.15) is 0 Å². The summed E-state index contributed by atoms with van der Waals surface area (Å²) >= 11 is 0. The molecule has 0 saturated heterocycles. The van der Waals surface area contributed by atoms with Crippen LogP contribution in [0.3, 0.4) is 0 Å². The fourth-order valence-electron chi connectivity index (χ4n) is 1.55. The van der Waals surface area contributed by atoms with Crippen molar-refractivity contribution in [1.82, 2.24) is 15.1 Å². The van der Waals surface area contributed by atoms with Crippen LogP contribution in [0.15, 0.2) is 6.20 Å². The smallest absolute Gasteiger partial charge is 0.0641 e. The Kier molecular flexibility index (Phi) is 4.10. The van der Waals surface area contributed by atoms with Crippen molar-refractivity contribution in [3.8, 4) is 0 Å². The van der Waals surface area contributed by atoms with Gasteiger partial charge in [0.2, 0.25) is 0 Å². The number of hydrogen-bond acceptors (Lipinski definition) is 3. The van der Waals surface area contributed by atoms with Gasteiger partial charge in [0.15, 0.2) is 0 Å². The standard InChI is InChI=1S/C10H19N3O/c1-8(11-5-4-6-14)10-7-13(3)12-9(10)2/h7-8,11,14H,4-6H2,1-3H3. The summed E-state index contributed by atoms with van der Waals surface area (Å²) < 4.78 is 1.83. The molecule has 1 atom stereocenters. The van der Waals surface area contributed by atoms with Crippen LogP contribution in [-0.2, 0) is 7.05 Å². The number of aryl methyl sites for hydroxylation is 2. The third kappa shape index (κ3) is 2.82. The van der Waals surface area contributed by atoms with Crippen LogP contribution in [0.4, 0.5) is 0 Å². The molecule has 0 saturated carbocycles. The monoisotopic (exact) mass is 197 g/mol. The van der Waals surface area contributed by atoms with Gasteiger partial charge in [0.25, 0.3) is 0 Å². The first-order valence-corrected chi connectivity index (χ1v) is 4.99. The summed E-state index contributed by atoms with van der Waals surface area (Å²) in [7, 11) is 1.93. The first-order valence-electron chi connectivity index (χ1n) is 4.99. The lowest BCUT2D eigenvalue weighted by Gasteiger charge is -2.12. The lowest BCUT2D eigenvalue weighted by molar-refractivity contribution is 0.284. The third-order valence-corrected chi connectivity index (χ3v) is 2.30. The van der Waals surface area contributed by atoms with Gasteiger partial charge in [-0.3, -0.25) is 4.68 Å². The molecule has 14 heavy (non-hydrogen) atoms. The summed E-state index contributed by atoms with van der Waals surface area (Å²) in [4.78, 5) is 0. The number of rotatable bonds is 5. The molecule has 0 bridgehead atoms. The summed E-state index contributed by atoms with van der Waals surface area (Å²) in [6, 6.07) is 0.301. The zero-order chi connectivity index (χ0) is 10.6. The summed E-state index contributed by atoms with van der Waals surface area (Å²) in [5.41, 5.74) is 2.29. The lowest BCUT2D eigenvalue weighted by Crippen LogP contribution is -2.20. The number of nitrogens with one attached hydrogen (secondary N) is 1. The maximum atomic E-state index is 8.65. The van der Waals surface area contributed by atoms with Crippen LogP contribution in [0.1, 0.15) is 30.6 Å². The molecule has 1 unspecified atom stereocenters. The number of aliphatic hydroxyl groups is 1. The van der Waals surface area contributed by atoms with Crippen LogP contribution in [0.2, 0.25) is 0 Å². The Labute approximate surface area is 84.9 Å². The Morgan fingerprint density at radius 2 is 2.36 bits per heavy atom. The molecule has 0 aliphatic rings. The maximum absolute atomic E-state index is 8.65. The van der Waals surface area contributed by atoms with Gasteiger partial charge in [0, 0.05) is 31.5 Å². The van der Waals surface area contributed by atoms with Crippen molar-refractivity contribution >= 4 is 0 Å². The minimum atomic E-state index is 0.242. The van der Waals surface area contributed by atoms with Crippen molar-refractivity contribution in [2.45, 2.75) is 26.3 Å². The number of hydrogen-bond donors (Lipinski definition) is 2. The highest BCUT2D eigenvalue weighted by molar-refractivity contribution is 5.19. The molecule has 0 aliphatic carbocycles. The van der Waals surface area contributed by atoms with E-state index in [-0.39, 0.29) is 6.61 Å². The van der Waals surface area contributed by atoms with E-state index in [1.54, 1.807) is 0 Å². The normalized spacial score (nSPS) is 13.1. The van der Waals surface area contributed by atoms with Gasteiger partial charge in [-0.2, -0.15) is 5.10 Å². The van der Waals surface area contributed by atoms with Crippen molar-refractivity contribution in [3.05, 3.63) is 17.5 Å². The fourth-order valence-corrected chi connectivity index (χ4v) is 1.55.